The third-order valence-corrected chi connectivity index (χ3v) is 4.69. The first-order valence-corrected chi connectivity index (χ1v) is 7.65. The molecule has 1 aromatic heterocycles. The molecule has 2 unspecified atom stereocenters. The number of hydrogen-bond donors (Lipinski definition) is 0. The zero-order valence-electron chi connectivity index (χ0n) is 9.36. The first kappa shape index (κ1) is 12.1. The lowest BCUT2D eigenvalue weighted by atomic mass is 10.1. The van der Waals surface area contributed by atoms with Gasteiger partial charge in [-0.1, -0.05) is 22.9 Å². The maximum Gasteiger partial charge on any atom is 0.227 e. The van der Waals surface area contributed by atoms with Crippen LogP contribution in [0.5, 0.6) is 0 Å². The van der Waals surface area contributed by atoms with Crippen LogP contribution < -0.4 is 0 Å². The van der Waals surface area contributed by atoms with E-state index in [1.807, 2.05) is 16.3 Å². The minimum absolute atomic E-state index is 0.271. The summed E-state index contributed by atoms with van der Waals surface area (Å²) in [5.74, 6) is 0.887. The Hall–Kier alpha value is -0.350. The van der Waals surface area contributed by atoms with Crippen LogP contribution in [0.2, 0.25) is 0 Å². The number of carbonyl (C=O) groups excluding carboxylic acids is 1. The Balaban J connectivity index is 1.99. The standard InChI is InChI=1S/C12H16BrNOS/c1-9-2-4-14(11(9)7-13)12(15)6-10-3-5-16-8-10/h3,5,8-9,11H,2,4,6-7H2,1H3. The summed E-state index contributed by atoms with van der Waals surface area (Å²) in [4.78, 5) is 14.2. The van der Waals surface area contributed by atoms with Crippen molar-refractivity contribution in [2.24, 2.45) is 5.92 Å². The Kier molecular flexibility index (Phi) is 4.03. The van der Waals surface area contributed by atoms with E-state index < -0.39 is 0 Å². The molecule has 16 heavy (non-hydrogen) atoms. The predicted molar refractivity (Wildman–Crippen MR) is 71.1 cm³/mol. The second kappa shape index (κ2) is 5.32. The van der Waals surface area contributed by atoms with Gasteiger partial charge in [0.2, 0.25) is 5.91 Å². The van der Waals surface area contributed by atoms with Crippen LogP contribution in [-0.4, -0.2) is 28.7 Å². The first-order valence-electron chi connectivity index (χ1n) is 5.59. The number of carbonyl (C=O) groups is 1. The Morgan fingerprint density at radius 1 is 1.69 bits per heavy atom. The van der Waals surface area contributed by atoms with E-state index in [0.29, 0.717) is 18.4 Å². The highest BCUT2D eigenvalue weighted by Gasteiger charge is 2.33. The second-order valence-electron chi connectivity index (χ2n) is 4.38. The van der Waals surface area contributed by atoms with E-state index in [0.717, 1.165) is 23.9 Å². The van der Waals surface area contributed by atoms with Crippen LogP contribution in [0.25, 0.3) is 0 Å². The van der Waals surface area contributed by atoms with Crippen LogP contribution in [0.15, 0.2) is 16.8 Å². The van der Waals surface area contributed by atoms with Crippen molar-refractivity contribution in [1.29, 1.82) is 0 Å². The minimum atomic E-state index is 0.271. The number of likely N-dealkylation sites (tertiary alicyclic amines) is 1. The molecule has 88 valence electrons. The number of alkyl halides is 1. The van der Waals surface area contributed by atoms with Crippen LogP contribution >= 0.6 is 27.3 Å². The molecule has 1 aromatic rings. The van der Waals surface area contributed by atoms with Gasteiger partial charge in [-0.3, -0.25) is 4.79 Å². The van der Waals surface area contributed by atoms with E-state index in [1.54, 1.807) is 11.3 Å². The number of rotatable bonds is 3. The van der Waals surface area contributed by atoms with E-state index in [-0.39, 0.29) is 5.91 Å². The largest absolute Gasteiger partial charge is 0.338 e. The van der Waals surface area contributed by atoms with Crippen molar-refractivity contribution < 1.29 is 4.79 Å². The fourth-order valence-electron chi connectivity index (χ4n) is 2.22. The molecule has 2 heterocycles. The Bertz CT molecular complexity index is 352. The van der Waals surface area contributed by atoms with Crippen molar-refractivity contribution in [2.75, 3.05) is 11.9 Å². The smallest absolute Gasteiger partial charge is 0.227 e. The van der Waals surface area contributed by atoms with Gasteiger partial charge < -0.3 is 4.90 Å². The molecule has 2 nitrogen and oxygen atoms in total. The molecule has 1 fully saturated rings. The topological polar surface area (TPSA) is 20.3 Å². The molecule has 2 rings (SSSR count). The highest BCUT2D eigenvalue weighted by atomic mass is 79.9. The zero-order chi connectivity index (χ0) is 11.5. The zero-order valence-corrected chi connectivity index (χ0v) is 11.8. The van der Waals surface area contributed by atoms with E-state index in [1.165, 1.54) is 0 Å². The number of hydrogen-bond acceptors (Lipinski definition) is 2. The molecule has 0 bridgehead atoms. The molecule has 4 heteroatoms. The quantitative estimate of drug-likeness (QED) is 0.786. The summed E-state index contributed by atoms with van der Waals surface area (Å²) in [5.41, 5.74) is 1.14. The summed E-state index contributed by atoms with van der Waals surface area (Å²) in [7, 11) is 0. The molecule has 0 aliphatic carbocycles. The summed E-state index contributed by atoms with van der Waals surface area (Å²) >= 11 is 5.16. The number of nitrogens with zero attached hydrogens (tertiary/aromatic N) is 1. The molecule has 2 atom stereocenters. The SMILES string of the molecule is CC1CCN(C(=O)Cc2ccsc2)C1CBr. The van der Waals surface area contributed by atoms with Crippen LogP contribution in [-0.2, 0) is 11.2 Å². The molecule has 1 aliphatic rings. The molecule has 0 saturated carbocycles. The van der Waals surface area contributed by atoms with Crippen molar-refractivity contribution in [1.82, 2.24) is 4.90 Å². The van der Waals surface area contributed by atoms with Crippen molar-refractivity contribution in [3.05, 3.63) is 22.4 Å². The second-order valence-corrected chi connectivity index (χ2v) is 5.81. The van der Waals surface area contributed by atoms with Crippen molar-refractivity contribution in [3.8, 4) is 0 Å². The Morgan fingerprint density at radius 3 is 3.12 bits per heavy atom. The third kappa shape index (κ3) is 2.48. The summed E-state index contributed by atoms with van der Waals surface area (Å²) in [6, 6.07) is 2.41. The van der Waals surface area contributed by atoms with Gasteiger partial charge in [-0.2, -0.15) is 11.3 Å². The summed E-state index contributed by atoms with van der Waals surface area (Å²) in [6.07, 6.45) is 1.69. The maximum atomic E-state index is 12.1. The van der Waals surface area contributed by atoms with Gasteiger partial charge >= 0.3 is 0 Å². The van der Waals surface area contributed by atoms with E-state index in [4.69, 9.17) is 0 Å². The van der Waals surface area contributed by atoms with Crippen molar-refractivity contribution in [2.45, 2.75) is 25.8 Å². The lowest BCUT2D eigenvalue weighted by molar-refractivity contribution is -0.131. The first-order chi connectivity index (χ1) is 7.72. The van der Waals surface area contributed by atoms with Gasteiger partial charge in [0.1, 0.15) is 0 Å². The molecular formula is C12H16BrNOS. The highest BCUT2D eigenvalue weighted by Crippen LogP contribution is 2.26. The molecule has 0 spiro atoms. The van der Waals surface area contributed by atoms with Gasteiger partial charge in [0, 0.05) is 17.9 Å². The van der Waals surface area contributed by atoms with Crippen LogP contribution in [0, 0.1) is 5.92 Å². The highest BCUT2D eigenvalue weighted by molar-refractivity contribution is 9.09. The van der Waals surface area contributed by atoms with Crippen molar-refractivity contribution in [3.63, 3.8) is 0 Å². The molecule has 1 aliphatic heterocycles. The molecule has 0 aromatic carbocycles. The van der Waals surface area contributed by atoms with Gasteiger partial charge in [0.25, 0.3) is 0 Å². The lowest BCUT2D eigenvalue weighted by Crippen LogP contribution is -2.39. The molecule has 1 saturated heterocycles. The van der Waals surface area contributed by atoms with Crippen LogP contribution in [0.3, 0.4) is 0 Å². The summed E-state index contributed by atoms with van der Waals surface area (Å²) in [6.45, 7) is 3.14. The Labute approximate surface area is 109 Å². The van der Waals surface area contributed by atoms with Gasteiger partial charge in [-0.15, -0.1) is 0 Å². The maximum absolute atomic E-state index is 12.1. The Morgan fingerprint density at radius 2 is 2.50 bits per heavy atom. The van der Waals surface area contributed by atoms with Gasteiger partial charge in [-0.25, -0.2) is 0 Å². The fraction of sp³-hybridized carbons (Fsp3) is 0.583. The fourth-order valence-corrected chi connectivity index (χ4v) is 3.88. The number of amides is 1. The van der Waals surface area contributed by atoms with Crippen LogP contribution in [0.4, 0.5) is 0 Å². The van der Waals surface area contributed by atoms with E-state index >= 15 is 0 Å². The summed E-state index contributed by atoms with van der Waals surface area (Å²) in [5, 5.41) is 4.97. The van der Waals surface area contributed by atoms with E-state index in [9.17, 15) is 4.79 Å². The van der Waals surface area contributed by atoms with Crippen molar-refractivity contribution >= 4 is 33.2 Å². The van der Waals surface area contributed by atoms with Gasteiger partial charge in [0.05, 0.1) is 6.42 Å². The van der Waals surface area contributed by atoms with Crippen LogP contribution in [0.1, 0.15) is 18.9 Å². The minimum Gasteiger partial charge on any atom is -0.338 e. The average Bonchev–Trinajstić information content (AvgIpc) is 2.87. The van der Waals surface area contributed by atoms with Gasteiger partial charge in [-0.05, 0) is 34.7 Å². The van der Waals surface area contributed by atoms with E-state index in [2.05, 4.69) is 28.2 Å². The monoisotopic (exact) mass is 301 g/mol. The normalized spacial score (nSPS) is 25.0. The average molecular weight is 302 g/mol. The lowest BCUT2D eigenvalue weighted by Gasteiger charge is -2.25. The molecule has 1 amide bonds. The van der Waals surface area contributed by atoms with Gasteiger partial charge in [0.15, 0.2) is 0 Å². The third-order valence-electron chi connectivity index (χ3n) is 3.30. The molecule has 0 radical (unpaired) electrons. The predicted octanol–water partition coefficient (Wildman–Crippen LogP) is 2.92. The number of thiophene rings is 1. The number of halogens is 1. The summed E-state index contributed by atoms with van der Waals surface area (Å²) < 4.78 is 0. The molecular weight excluding hydrogens is 286 g/mol. The molecule has 0 N–H and O–H groups in total.